The zero-order valence-electron chi connectivity index (χ0n) is 12.1. The van der Waals surface area contributed by atoms with Crippen molar-refractivity contribution in [3.8, 4) is 0 Å². The molecule has 19 heavy (non-hydrogen) atoms. The van der Waals surface area contributed by atoms with Crippen LogP contribution in [0.1, 0.15) is 32.3 Å². The molecule has 1 unspecified atom stereocenters. The van der Waals surface area contributed by atoms with E-state index in [2.05, 4.69) is 19.2 Å². The number of ether oxygens (including phenoxy) is 1. The minimum Gasteiger partial charge on any atom is -0.377 e. The molecule has 0 aliphatic carbocycles. The molecule has 108 valence electrons. The summed E-state index contributed by atoms with van der Waals surface area (Å²) in [7, 11) is 3.67. The third kappa shape index (κ3) is 3.68. The van der Waals surface area contributed by atoms with Crippen molar-refractivity contribution in [2.45, 2.75) is 44.8 Å². The molecular formula is C15H23ClFNO. The molecule has 0 spiro atoms. The van der Waals surface area contributed by atoms with Crippen LogP contribution < -0.4 is 5.32 Å². The maximum absolute atomic E-state index is 13.2. The second-order valence-corrected chi connectivity index (χ2v) is 5.18. The molecular weight excluding hydrogens is 265 g/mol. The Morgan fingerprint density at radius 2 is 2.00 bits per heavy atom. The maximum Gasteiger partial charge on any atom is 0.141 e. The minimum absolute atomic E-state index is 0.161. The number of hydrogen-bond acceptors (Lipinski definition) is 2. The van der Waals surface area contributed by atoms with Crippen LogP contribution in [0.25, 0.3) is 0 Å². The Kier molecular flexibility index (Phi) is 6.24. The van der Waals surface area contributed by atoms with Gasteiger partial charge >= 0.3 is 0 Å². The van der Waals surface area contributed by atoms with Gasteiger partial charge in [-0.1, -0.05) is 31.5 Å². The molecule has 1 aromatic carbocycles. The normalized spacial score (nSPS) is 13.6. The van der Waals surface area contributed by atoms with Crippen LogP contribution >= 0.6 is 11.6 Å². The first-order valence-corrected chi connectivity index (χ1v) is 7.07. The molecule has 0 bridgehead atoms. The van der Waals surface area contributed by atoms with Gasteiger partial charge in [0.2, 0.25) is 0 Å². The lowest BCUT2D eigenvalue weighted by Crippen LogP contribution is -2.51. The zero-order valence-corrected chi connectivity index (χ0v) is 12.9. The predicted octanol–water partition coefficient (Wildman–Crippen LogP) is 3.81. The summed E-state index contributed by atoms with van der Waals surface area (Å²) in [5.74, 6) is -0.379. The molecule has 0 aliphatic heterocycles. The summed E-state index contributed by atoms with van der Waals surface area (Å²) in [6.45, 7) is 4.24. The third-order valence-electron chi connectivity index (χ3n) is 4.01. The first-order chi connectivity index (χ1) is 9.02. The average molecular weight is 288 g/mol. The van der Waals surface area contributed by atoms with Crippen molar-refractivity contribution in [3.63, 3.8) is 0 Å². The molecule has 0 heterocycles. The number of likely N-dealkylation sites (N-methyl/N-ethyl adjacent to an activating group) is 1. The summed E-state index contributed by atoms with van der Waals surface area (Å²) in [6.07, 6.45) is 2.59. The van der Waals surface area contributed by atoms with Crippen LogP contribution in [0.2, 0.25) is 5.02 Å². The molecule has 0 aromatic heterocycles. The molecule has 0 amide bonds. The van der Waals surface area contributed by atoms with Crippen LogP contribution in [-0.2, 0) is 11.2 Å². The molecule has 1 atom stereocenters. The molecule has 4 heteroatoms. The van der Waals surface area contributed by atoms with Gasteiger partial charge in [0.05, 0.1) is 10.6 Å². The highest BCUT2D eigenvalue weighted by Crippen LogP contribution is 2.27. The fourth-order valence-corrected chi connectivity index (χ4v) is 2.83. The second-order valence-electron chi connectivity index (χ2n) is 4.77. The molecule has 0 saturated carbocycles. The van der Waals surface area contributed by atoms with E-state index in [4.69, 9.17) is 16.3 Å². The highest BCUT2D eigenvalue weighted by Gasteiger charge is 2.34. The van der Waals surface area contributed by atoms with Gasteiger partial charge in [-0.25, -0.2) is 4.39 Å². The monoisotopic (exact) mass is 287 g/mol. The van der Waals surface area contributed by atoms with E-state index in [0.29, 0.717) is 0 Å². The van der Waals surface area contributed by atoms with Crippen LogP contribution in [0.15, 0.2) is 18.2 Å². The van der Waals surface area contributed by atoms with Crippen LogP contribution in [0.4, 0.5) is 4.39 Å². The van der Waals surface area contributed by atoms with Gasteiger partial charge in [0.15, 0.2) is 0 Å². The van der Waals surface area contributed by atoms with E-state index in [9.17, 15) is 4.39 Å². The zero-order chi connectivity index (χ0) is 14.5. The Morgan fingerprint density at radius 3 is 2.42 bits per heavy atom. The van der Waals surface area contributed by atoms with E-state index in [1.165, 1.54) is 6.07 Å². The Bertz CT molecular complexity index is 399. The lowest BCUT2D eigenvalue weighted by molar-refractivity contribution is -0.0454. The summed E-state index contributed by atoms with van der Waals surface area (Å²) < 4.78 is 18.9. The first-order valence-electron chi connectivity index (χ1n) is 6.69. The number of methoxy groups -OCH3 is 1. The average Bonchev–Trinajstić information content (AvgIpc) is 2.43. The fourth-order valence-electron chi connectivity index (χ4n) is 2.63. The van der Waals surface area contributed by atoms with Crippen molar-refractivity contribution < 1.29 is 9.13 Å². The van der Waals surface area contributed by atoms with Gasteiger partial charge in [0.1, 0.15) is 5.82 Å². The molecule has 0 fully saturated rings. The Labute approximate surface area is 120 Å². The van der Waals surface area contributed by atoms with Gasteiger partial charge in [-0.2, -0.15) is 0 Å². The topological polar surface area (TPSA) is 21.3 Å². The number of halogens is 2. The van der Waals surface area contributed by atoms with E-state index >= 15 is 0 Å². The summed E-state index contributed by atoms with van der Waals surface area (Å²) in [5, 5.41) is 3.49. The van der Waals surface area contributed by atoms with E-state index in [1.54, 1.807) is 19.2 Å². The highest BCUT2D eigenvalue weighted by atomic mass is 35.5. The van der Waals surface area contributed by atoms with Crippen molar-refractivity contribution in [1.82, 2.24) is 5.32 Å². The van der Waals surface area contributed by atoms with Crippen molar-refractivity contribution >= 4 is 11.6 Å². The highest BCUT2D eigenvalue weighted by molar-refractivity contribution is 6.30. The largest absolute Gasteiger partial charge is 0.377 e. The second kappa shape index (κ2) is 7.22. The van der Waals surface area contributed by atoms with Crippen molar-refractivity contribution in [2.75, 3.05) is 14.2 Å². The van der Waals surface area contributed by atoms with Gasteiger partial charge in [0.25, 0.3) is 0 Å². The minimum atomic E-state index is -0.379. The first kappa shape index (κ1) is 16.4. The standard InChI is InChI=1S/C15H23ClFNO/c1-5-15(6-2,19-4)14(18-3)10-11-7-8-13(17)12(16)9-11/h7-9,14,18H,5-6,10H2,1-4H3. The summed E-state index contributed by atoms with van der Waals surface area (Å²) >= 11 is 5.83. The Hall–Kier alpha value is -0.640. The lowest BCUT2D eigenvalue weighted by Gasteiger charge is -2.38. The number of benzene rings is 1. The van der Waals surface area contributed by atoms with E-state index < -0.39 is 0 Å². The summed E-state index contributed by atoms with van der Waals surface area (Å²) in [4.78, 5) is 0. The summed E-state index contributed by atoms with van der Waals surface area (Å²) in [5.41, 5.74) is 0.796. The van der Waals surface area contributed by atoms with E-state index in [-0.39, 0.29) is 22.5 Å². The number of hydrogen-bond donors (Lipinski definition) is 1. The van der Waals surface area contributed by atoms with Gasteiger partial charge in [-0.15, -0.1) is 0 Å². The van der Waals surface area contributed by atoms with Gasteiger partial charge in [-0.3, -0.25) is 0 Å². The number of nitrogens with one attached hydrogen (secondary N) is 1. The van der Waals surface area contributed by atoms with Crippen molar-refractivity contribution in [1.29, 1.82) is 0 Å². The molecule has 1 aromatic rings. The molecule has 0 aliphatic rings. The van der Waals surface area contributed by atoms with Crippen LogP contribution in [0.5, 0.6) is 0 Å². The van der Waals surface area contributed by atoms with Crippen molar-refractivity contribution in [3.05, 3.63) is 34.6 Å². The molecule has 1 rings (SSSR count). The fraction of sp³-hybridized carbons (Fsp3) is 0.600. The number of rotatable bonds is 7. The maximum atomic E-state index is 13.2. The van der Waals surface area contributed by atoms with Crippen LogP contribution in [0.3, 0.4) is 0 Å². The Morgan fingerprint density at radius 1 is 1.37 bits per heavy atom. The lowest BCUT2D eigenvalue weighted by atomic mass is 9.84. The third-order valence-corrected chi connectivity index (χ3v) is 4.30. The molecule has 0 radical (unpaired) electrons. The summed E-state index contributed by atoms with van der Waals surface area (Å²) in [6, 6.07) is 5.04. The molecule has 0 saturated heterocycles. The predicted molar refractivity (Wildman–Crippen MR) is 78.3 cm³/mol. The van der Waals surface area contributed by atoms with Gasteiger partial charge in [0, 0.05) is 13.2 Å². The SMILES string of the molecule is CCC(CC)(OC)C(Cc1ccc(F)c(Cl)c1)NC. The van der Waals surface area contributed by atoms with Gasteiger partial charge in [-0.05, 0) is 44.0 Å². The Balaban J connectivity index is 2.95. The van der Waals surface area contributed by atoms with Crippen LogP contribution in [0, 0.1) is 5.82 Å². The molecule has 1 N–H and O–H groups in total. The molecule has 2 nitrogen and oxygen atoms in total. The van der Waals surface area contributed by atoms with Gasteiger partial charge < -0.3 is 10.1 Å². The quantitative estimate of drug-likeness (QED) is 0.823. The van der Waals surface area contributed by atoms with E-state index in [1.807, 2.05) is 7.05 Å². The smallest absolute Gasteiger partial charge is 0.141 e. The van der Waals surface area contributed by atoms with E-state index in [0.717, 1.165) is 24.8 Å². The van der Waals surface area contributed by atoms with Crippen LogP contribution in [-0.4, -0.2) is 25.8 Å². The van der Waals surface area contributed by atoms with Crippen molar-refractivity contribution in [2.24, 2.45) is 0 Å².